The molecule has 1 fully saturated rings. The van der Waals surface area contributed by atoms with Gasteiger partial charge in [-0.25, -0.2) is 19.7 Å². The van der Waals surface area contributed by atoms with Crippen LogP contribution in [0.2, 0.25) is 0 Å². The van der Waals surface area contributed by atoms with Crippen molar-refractivity contribution in [2.45, 2.75) is 38.0 Å². The van der Waals surface area contributed by atoms with E-state index in [0.717, 1.165) is 54.6 Å². The highest BCUT2D eigenvalue weighted by atomic mass is 16.4. The molecule has 3 aromatic heterocycles. The number of nitrogen functional groups attached to an aromatic ring is 1. The number of hydrogen-bond donors (Lipinski definition) is 2. The summed E-state index contributed by atoms with van der Waals surface area (Å²) in [5.74, 6) is -0.682. The molecule has 150 valence electrons. The van der Waals surface area contributed by atoms with E-state index in [-0.39, 0.29) is 11.0 Å². The molecule has 1 unspecified atom stereocenters. The van der Waals surface area contributed by atoms with Gasteiger partial charge in [-0.2, -0.15) is 5.10 Å². The van der Waals surface area contributed by atoms with Crippen LogP contribution in [0, 0.1) is 6.92 Å². The van der Waals surface area contributed by atoms with Crippen LogP contribution in [0.15, 0.2) is 12.4 Å². The zero-order valence-corrected chi connectivity index (χ0v) is 16.5. The van der Waals surface area contributed by atoms with Crippen molar-refractivity contribution >= 4 is 28.6 Å². The molecule has 1 aliphatic carbocycles. The van der Waals surface area contributed by atoms with Gasteiger partial charge in [0.25, 0.3) is 0 Å². The van der Waals surface area contributed by atoms with E-state index < -0.39 is 5.97 Å². The number of carbonyl (C=O) groups is 1. The highest BCUT2D eigenvalue weighted by Gasteiger charge is 2.44. The van der Waals surface area contributed by atoms with Gasteiger partial charge in [-0.1, -0.05) is 0 Å². The van der Waals surface area contributed by atoms with Gasteiger partial charge in [0.05, 0.1) is 22.5 Å². The number of aryl methyl sites for hydroxylation is 3. The van der Waals surface area contributed by atoms with Crippen LogP contribution < -0.4 is 10.6 Å². The monoisotopic (exact) mass is 393 g/mol. The van der Waals surface area contributed by atoms with Gasteiger partial charge in [0.2, 0.25) is 5.95 Å². The summed E-state index contributed by atoms with van der Waals surface area (Å²) >= 11 is 0. The molecular formula is C20H23N7O2. The number of aromatic carboxylic acids is 1. The van der Waals surface area contributed by atoms with Crippen molar-refractivity contribution in [2.75, 3.05) is 23.7 Å². The molecule has 2 aliphatic rings. The summed E-state index contributed by atoms with van der Waals surface area (Å²) < 4.78 is 1.71. The second-order valence-corrected chi connectivity index (χ2v) is 8.14. The Morgan fingerprint density at radius 3 is 2.90 bits per heavy atom. The summed E-state index contributed by atoms with van der Waals surface area (Å²) in [7, 11) is 1.83. The molecule has 5 rings (SSSR count). The molecule has 9 nitrogen and oxygen atoms in total. The van der Waals surface area contributed by atoms with E-state index in [1.807, 2.05) is 20.2 Å². The number of fused-ring (bicyclic) bond motifs is 3. The summed E-state index contributed by atoms with van der Waals surface area (Å²) in [5.41, 5.74) is 10.3. The summed E-state index contributed by atoms with van der Waals surface area (Å²) in [5, 5.41) is 15.2. The number of aromatic nitrogens is 5. The number of rotatable bonds is 2. The quantitative estimate of drug-likeness (QED) is 0.676. The Hall–Kier alpha value is -3.23. The maximum Gasteiger partial charge on any atom is 0.339 e. The first-order chi connectivity index (χ1) is 13.9. The van der Waals surface area contributed by atoms with E-state index in [4.69, 9.17) is 5.73 Å². The molecule has 29 heavy (non-hydrogen) atoms. The fraction of sp³-hybridized carbons (Fsp3) is 0.450. The van der Waals surface area contributed by atoms with Crippen LogP contribution in [0.25, 0.3) is 11.0 Å². The first-order valence-electron chi connectivity index (χ1n) is 9.82. The van der Waals surface area contributed by atoms with Crippen molar-refractivity contribution in [1.82, 2.24) is 24.7 Å². The van der Waals surface area contributed by atoms with Gasteiger partial charge in [0, 0.05) is 37.9 Å². The van der Waals surface area contributed by atoms with E-state index in [9.17, 15) is 9.90 Å². The Morgan fingerprint density at radius 1 is 1.28 bits per heavy atom. The maximum absolute atomic E-state index is 12.1. The Kier molecular flexibility index (Phi) is 3.77. The Balaban J connectivity index is 1.66. The van der Waals surface area contributed by atoms with Crippen LogP contribution in [-0.2, 0) is 18.9 Å². The number of piperidine rings is 1. The normalized spacial score (nSPS) is 21.1. The number of hydrogen-bond acceptors (Lipinski definition) is 7. The summed E-state index contributed by atoms with van der Waals surface area (Å²) in [6.07, 6.45) is 7.14. The van der Waals surface area contributed by atoms with Crippen molar-refractivity contribution < 1.29 is 9.90 Å². The lowest BCUT2D eigenvalue weighted by molar-refractivity contribution is 0.0697. The molecule has 0 bridgehead atoms. The molecule has 0 amide bonds. The number of nitrogens with zero attached hydrogens (tertiary/aromatic N) is 6. The minimum atomic E-state index is -0.976. The van der Waals surface area contributed by atoms with Crippen molar-refractivity contribution in [1.29, 1.82) is 0 Å². The topological polar surface area (TPSA) is 123 Å². The van der Waals surface area contributed by atoms with Gasteiger partial charge in [0.15, 0.2) is 5.65 Å². The van der Waals surface area contributed by atoms with Gasteiger partial charge in [0.1, 0.15) is 5.56 Å². The van der Waals surface area contributed by atoms with Gasteiger partial charge in [-0.05, 0) is 38.2 Å². The minimum absolute atomic E-state index is 0.133. The summed E-state index contributed by atoms with van der Waals surface area (Å²) in [6.45, 7) is 3.38. The van der Waals surface area contributed by atoms with E-state index >= 15 is 0 Å². The van der Waals surface area contributed by atoms with Crippen molar-refractivity contribution in [3.05, 3.63) is 34.9 Å². The average molecular weight is 393 g/mol. The molecule has 1 spiro atoms. The van der Waals surface area contributed by atoms with Crippen LogP contribution in [0.1, 0.15) is 46.6 Å². The predicted molar refractivity (Wildman–Crippen MR) is 108 cm³/mol. The lowest BCUT2D eigenvalue weighted by atomic mass is 9.77. The molecule has 3 aromatic rings. The van der Waals surface area contributed by atoms with E-state index in [2.05, 4.69) is 25.0 Å². The smallest absolute Gasteiger partial charge is 0.339 e. The third-order valence-corrected chi connectivity index (χ3v) is 6.38. The molecule has 1 aliphatic heterocycles. The lowest BCUT2D eigenvalue weighted by Gasteiger charge is -2.42. The van der Waals surface area contributed by atoms with E-state index in [0.29, 0.717) is 23.8 Å². The second-order valence-electron chi connectivity index (χ2n) is 8.14. The molecule has 0 aromatic carbocycles. The van der Waals surface area contributed by atoms with Gasteiger partial charge in [-0.15, -0.1) is 0 Å². The van der Waals surface area contributed by atoms with E-state index in [1.54, 1.807) is 4.68 Å². The highest BCUT2D eigenvalue weighted by Crippen LogP contribution is 2.46. The first-order valence-corrected chi connectivity index (χ1v) is 9.82. The minimum Gasteiger partial charge on any atom is -0.478 e. The fourth-order valence-corrected chi connectivity index (χ4v) is 5.15. The Bertz CT molecular complexity index is 1150. The zero-order chi connectivity index (χ0) is 20.3. The van der Waals surface area contributed by atoms with Gasteiger partial charge < -0.3 is 15.7 Å². The SMILES string of the molecule is Cc1nn(C)c2ncc(C(=O)O)c(N3CCCC4(CCc5cnc(N)nc54)C3)c12. The Labute approximate surface area is 167 Å². The predicted octanol–water partition coefficient (Wildman–Crippen LogP) is 1.83. The molecule has 3 N–H and O–H groups in total. The molecule has 1 atom stereocenters. The molecule has 0 saturated carbocycles. The van der Waals surface area contributed by atoms with Crippen LogP contribution in [0.4, 0.5) is 11.6 Å². The molecule has 1 saturated heterocycles. The third kappa shape index (κ3) is 2.56. The molecule has 0 radical (unpaired) electrons. The van der Waals surface area contributed by atoms with Gasteiger partial charge >= 0.3 is 5.97 Å². The van der Waals surface area contributed by atoms with Crippen molar-refractivity contribution in [2.24, 2.45) is 7.05 Å². The second kappa shape index (κ2) is 6.13. The maximum atomic E-state index is 12.1. The number of pyridine rings is 1. The zero-order valence-electron chi connectivity index (χ0n) is 16.5. The highest BCUT2D eigenvalue weighted by molar-refractivity contribution is 6.05. The van der Waals surface area contributed by atoms with Crippen LogP contribution >= 0.6 is 0 Å². The number of nitrogens with two attached hydrogens (primary N) is 1. The number of carboxylic acids is 1. The molecule has 9 heteroatoms. The molecular weight excluding hydrogens is 370 g/mol. The van der Waals surface area contributed by atoms with Gasteiger partial charge in [-0.3, -0.25) is 4.68 Å². The van der Waals surface area contributed by atoms with Crippen molar-refractivity contribution in [3.8, 4) is 0 Å². The first kappa shape index (κ1) is 17.8. The lowest BCUT2D eigenvalue weighted by Crippen LogP contribution is -2.46. The number of anilines is 2. The summed E-state index contributed by atoms with van der Waals surface area (Å²) in [6, 6.07) is 0. The van der Waals surface area contributed by atoms with Crippen LogP contribution in [-0.4, -0.2) is 48.9 Å². The Morgan fingerprint density at radius 2 is 2.10 bits per heavy atom. The van der Waals surface area contributed by atoms with E-state index in [1.165, 1.54) is 6.20 Å². The standard InChI is InChI=1S/C20H23N7O2/c1-11-14-15(13(18(28)29)9-22-17(14)26(2)25-11)27-7-3-5-20(10-27)6-4-12-8-23-19(21)24-16(12)20/h8-9H,3-7,10H2,1-2H3,(H,28,29)(H2,21,23,24). The largest absolute Gasteiger partial charge is 0.478 e. The average Bonchev–Trinajstić information content (AvgIpc) is 3.18. The third-order valence-electron chi connectivity index (χ3n) is 6.38. The summed E-state index contributed by atoms with van der Waals surface area (Å²) in [4.78, 5) is 27.4. The van der Waals surface area contributed by atoms with Crippen molar-refractivity contribution in [3.63, 3.8) is 0 Å². The van der Waals surface area contributed by atoms with Crippen LogP contribution in [0.3, 0.4) is 0 Å². The van der Waals surface area contributed by atoms with Crippen LogP contribution in [0.5, 0.6) is 0 Å². The molecule has 4 heterocycles. The number of carboxylic acid groups (broad SMARTS) is 1. The fourth-order valence-electron chi connectivity index (χ4n) is 5.15.